The zero-order chi connectivity index (χ0) is 14.8. The van der Waals surface area contributed by atoms with Crippen LogP contribution in [0.25, 0.3) is 0 Å². The molecule has 2 heterocycles. The molecule has 6 nitrogen and oxygen atoms in total. The molecule has 1 aromatic carbocycles. The summed E-state index contributed by atoms with van der Waals surface area (Å²) < 4.78 is 1.72. The molecule has 1 aromatic heterocycles. The van der Waals surface area contributed by atoms with Crippen molar-refractivity contribution in [2.24, 2.45) is 0 Å². The Morgan fingerprint density at radius 1 is 1.43 bits per heavy atom. The molecule has 0 spiro atoms. The third-order valence-corrected chi connectivity index (χ3v) is 3.75. The quantitative estimate of drug-likeness (QED) is 0.898. The Morgan fingerprint density at radius 3 is 2.90 bits per heavy atom. The number of likely N-dealkylation sites (tertiary alicyclic amines) is 1. The molecule has 0 unspecified atom stereocenters. The van der Waals surface area contributed by atoms with Gasteiger partial charge in [-0.25, -0.2) is 4.68 Å². The maximum Gasteiger partial charge on any atom is 0.227 e. The predicted octanol–water partition coefficient (Wildman–Crippen LogP) is 0.705. The number of hydrogen-bond donors (Lipinski definition) is 1. The lowest BCUT2D eigenvalue weighted by atomic mass is 10.0. The van der Waals surface area contributed by atoms with Crippen LogP contribution in [0.3, 0.4) is 0 Å². The SMILES string of the molecule is Cc1cccc(CC(=O)N2CC(n3cc(CO)nn3)C2)c1. The highest BCUT2D eigenvalue weighted by Crippen LogP contribution is 2.21. The van der Waals surface area contributed by atoms with Crippen molar-refractivity contribution in [1.29, 1.82) is 0 Å². The fraction of sp³-hybridized carbons (Fsp3) is 0.400. The minimum atomic E-state index is -0.108. The molecule has 0 atom stereocenters. The molecule has 6 heteroatoms. The van der Waals surface area contributed by atoms with Crippen LogP contribution in [0, 0.1) is 6.92 Å². The Labute approximate surface area is 123 Å². The van der Waals surface area contributed by atoms with Gasteiger partial charge in [-0.05, 0) is 12.5 Å². The van der Waals surface area contributed by atoms with Crippen molar-refractivity contribution in [2.45, 2.75) is 26.0 Å². The van der Waals surface area contributed by atoms with E-state index in [9.17, 15) is 4.79 Å². The van der Waals surface area contributed by atoms with Crippen LogP contribution < -0.4 is 0 Å². The zero-order valence-electron chi connectivity index (χ0n) is 11.9. The Kier molecular flexibility index (Phi) is 3.70. The predicted molar refractivity (Wildman–Crippen MR) is 76.4 cm³/mol. The number of aliphatic hydroxyl groups is 1. The van der Waals surface area contributed by atoms with Crippen LogP contribution in [0.4, 0.5) is 0 Å². The van der Waals surface area contributed by atoms with E-state index in [1.54, 1.807) is 10.9 Å². The van der Waals surface area contributed by atoms with Gasteiger partial charge in [-0.3, -0.25) is 4.79 Å². The van der Waals surface area contributed by atoms with Gasteiger partial charge in [-0.1, -0.05) is 35.0 Å². The molecule has 2 aromatic rings. The smallest absolute Gasteiger partial charge is 0.227 e. The molecule has 3 rings (SSSR count). The van der Waals surface area contributed by atoms with Crippen LogP contribution in [0.1, 0.15) is 22.9 Å². The summed E-state index contributed by atoms with van der Waals surface area (Å²) in [4.78, 5) is 14.0. The zero-order valence-corrected chi connectivity index (χ0v) is 11.9. The molecule has 1 aliphatic rings. The largest absolute Gasteiger partial charge is 0.390 e. The third-order valence-electron chi connectivity index (χ3n) is 3.75. The monoisotopic (exact) mass is 286 g/mol. The summed E-state index contributed by atoms with van der Waals surface area (Å²) in [6.07, 6.45) is 2.17. The van der Waals surface area contributed by atoms with E-state index in [0.29, 0.717) is 25.2 Å². The van der Waals surface area contributed by atoms with Gasteiger partial charge in [0.15, 0.2) is 0 Å². The van der Waals surface area contributed by atoms with Crippen molar-refractivity contribution in [3.63, 3.8) is 0 Å². The molecule has 1 amide bonds. The highest BCUT2D eigenvalue weighted by atomic mass is 16.3. The molecule has 1 saturated heterocycles. The topological polar surface area (TPSA) is 71.2 Å². The molecular formula is C15H18N4O2. The Balaban J connectivity index is 1.54. The van der Waals surface area contributed by atoms with Gasteiger partial charge < -0.3 is 10.0 Å². The first-order valence-corrected chi connectivity index (χ1v) is 7.00. The number of hydrogen-bond acceptors (Lipinski definition) is 4. The maximum atomic E-state index is 12.2. The van der Waals surface area contributed by atoms with E-state index in [0.717, 1.165) is 5.56 Å². The van der Waals surface area contributed by atoms with Crippen LogP contribution in [-0.2, 0) is 17.8 Å². The summed E-state index contributed by atoms with van der Waals surface area (Å²) in [7, 11) is 0. The van der Waals surface area contributed by atoms with Gasteiger partial charge in [0, 0.05) is 13.1 Å². The number of nitrogens with zero attached hydrogens (tertiary/aromatic N) is 4. The number of carbonyl (C=O) groups is 1. The minimum absolute atomic E-state index is 0.108. The van der Waals surface area contributed by atoms with Gasteiger partial charge in [0.25, 0.3) is 0 Å². The summed E-state index contributed by atoms with van der Waals surface area (Å²) in [6, 6.07) is 8.19. The molecular weight excluding hydrogens is 268 g/mol. The Bertz CT molecular complexity index is 647. The lowest BCUT2D eigenvalue weighted by molar-refractivity contribution is -0.136. The molecule has 0 bridgehead atoms. The van der Waals surface area contributed by atoms with Gasteiger partial charge >= 0.3 is 0 Å². The van der Waals surface area contributed by atoms with Gasteiger partial charge in [-0.15, -0.1) is 5.10 Å². The van der Waals surface area contributed by atoms with Crippen LogP contribution in [0.15, 0.2) is 30.5 Å². The number of aromatic nitrogens is 3. The van der Waals surface area contributed by atoms with Crippen molar-refractivity contribution in [3.8, 4) is 0 Å². The number of benzene rings is 1. The molecule has 0 aliphatic carbocycles. The van der Waals surface area contributed by atoms with Crippen molar-refractivity contribution in [2.75, 3.05) is 13.1 Å². The summed E-state index contributed by atoms with van der Waals surface area (Å²) in [6.45, 7) is 3.22. The molecule has 0 saturated carbocycles. The van der Waals surface area contributed by atoms with E-state index in [4.69, 9.17) is 5.11 Å². The fourth-order valence-corrected chi connectivity index (χ4v) is 2.50. The van der Waals surface area contributed by atoms with Crippen molar-refractivity contribution < 1.29 is 9.90 Å². The number of aliphatic hydroxyl groups excluding tert-OH is 1. The first-order valence-electron chi connectivity index (χ1n) is 7.00. The van der Waals surface area contributed by atoms with Gasteiger partial charge in [0.1, 0.15) is 5.69 Å². The van der Waals surface area contributed by atoms with E-state index >= 15 is 0 Å². The second-order valence-electron chi connectivity index (χ2n) is 5.47. The number of amides is 1. The second-order valence-corrected chi connectivity index (χ2v) is 5.47. The summed E-state index contributed by atoms with van der Waals surface area (Å²) in [5.74, 6) is 0.138. The first-order chi connectivity index (χ1) is 10.2. The normalized spacial score (nSPS) is 15.0. The summed E-state index contributed by atoms with van der Waals surface area (Å²) in [5.41, 5.74) is 2.77. The fourth-order valence-electron chi connectivity index (χ4n) is 2.50. The summed E-state index contributed by atoms with van der Waals surface area (Å²) >= 11 is 0. The molecule has 0 radical (unpaired) electrons. The van der Waals surface area contributed by atoms with Crippen molar-refractivity contribution in [3.05, 3.63) is 47.3 Å². The van der Waals surface area contributed by atoms with Crippen LogP contribution in [0.5, 0.6) is 0 Å². The standard InChI is InChI=1S/C15H18N4O2/c1-11-3-2-4-12(5-11)6-15(21)18-8-14(9-18)19-7-13(10-20)16-17-19/h2-5,7,14,20H,6,8-10H2,1H3. The minimum Gasteiger partial charge on any atom is -0.390 e. The van der Waals surface area contributed by atoms with Gasteiger partial charge in [-0.2, -0.15) is 0 Å². The summed E-state index contributed by atoms with van der Waals surface area (Å²) in [5, 5.41) is 16.8. The Morgan fingerprint density at radius 2 is 2.24 bits per heavy atom. The van der Waals surface area contributed by atoms with Gasteiger partial charge in [0.05, 0.1) is 25.3 Å². The van der Waals surface area contributed by atoms with Crippen LogP contribution in [0.2, 0.25) is 0 Å². The first kappa shape index (κ1) is 13.8. The average Bonchev–Trinajstić information content (AvgIpc) is 2.85. The average molecular weight is 286 g/mol. The van der Waals surface area contributed by atoms with E-state index in [1.165, 1.54) is 5.56 Å². The Hall–Kier alpha value is -2.21. The van der Waals surface area contributed by atoms with Crippen molar-refractivity contribution >= 4 is 5.91 Å². The molecule has 1 aliphatic heterocycles. The second kappa shape index (κ2) is 5.65. The number of aryl methyl sites for hydroxylation is 1. The third kappa shape index (κ3) is 2.95. The molecule has 1 fully saturated rings. The van der Waals surface area contributed by atoms with E-state index < -0.39 is 0 Å². The number of carbonyl (C=O) groups excluding carboxylic acids is 1. The molecule has 21 heavy (non-hydrogen) atoms. The van der Waals surface area contributed by atoms with E-state index in [2.05, 4.69) is 10.3 Å². The van der Waals surface area contributed by atoms with E-state index in [-0.39, 0.29) is 18.6 Å². The molecule has 110 valence electrons. The maximum absolute atomic E-state index is 12.2. The highest BCUT2D eigenvalue weighted by molar-refractivity contribution is 5.79. The molecule has 1 N–H and O–H groups in total. The number of rotatable bonds is 4. The van der Waals surface area contributed by atoms with Crippen molar-refractivity contribution in [1.82, 2.24) is 19.9 Å². The van der Waals surface area contributed by atoms with Gasteiger partial charge in [0.2, 0.25) is 5.91 Å². The lowest BCUT2D eigenvalue weighted by Crippen LogP contribution is -2.51. The van der Waals surface area contributed by atoms with E-state index in [1.807, 2.05) is 36.1 Å². The lowest BCUT2D eigenvalue weighted by Gasteiger charge is -2.39. The van der Waals surface area contributed by atoms with Crippen LogP contribution in [-0.4, -0.2) is 44.0 Å². The highest BCUT2D eigenvalue weighted by Gasteiger charge is 2.32. The van der Waals surface area contributed by atoms with Crippen LogP contribution >= 0.6 is 0 Å².